The number of rotatable bonds is 5. The molecule has 1 heterocycles. The van der Waals surface area contributed by atoms with Crippen LogP contribution in [0, 0.1) is 0 Å². The minimum Gasteiger partial charge on any atom is -0.497 e. The van der Waals surface area contributed by atoms with Crippen LogP contribution >= 0.6 is 23.2 Å². The molecule has 1 atom stereocenters. The van der Waals surface area contributed by atoms with Crippen molar-refractivity contribution in [3.05, 3.63) is 81.9 Å². The smallest absolute Gasteiger partial charge is 0.253 e. The highest BCUT2D eigenvalue weighted by atomic mass is 35.5. The molecule has 1 aromatic heterocycles. The summed E-state index contributed by atoms with van der Waals surface area (Å²) < 4.78 is 7.15. The van der Waals surface area contributed by atoms with E-state index in [1.807, 2.05) is 42.1 Å². The second-order valence-electron chi connectivity index (χ2n) is 5.68. The van der Waals surface area contributed by atoms with Gasteiger partial charge in [-0.1, -0.05) is 41.4 Å². The first-order valence-corrected chi connectivity index (χ1v) is 8.63. The fourth-order valence-corrected chi connectivity index (χ4v) is 3.05. The Morgan fingerprint density at radius 2 is 2.00 bits per heavy atom. The van der Waals surface area contributed by atoms with Crippen molar-refractivity contribution in [3.8, 4) is 5.75 Å². The number of benzene rings is 2. The number of hydrogen-bond donors (Lipinski definition) is 1. The summed E-state index contributed by atoms with van der Waals surface area (Å²) in [7, 11) is 3.47. The third kappa shape index (κ3) is 3.69. The molecule has 134 valence electrons. The van der Waals surface area contributed by atoms with Gasteiger partial charge in [0, 0.05) is 19.4 Å². The molecule has 2 aromatic carbocycles. The van der Waals surface area contributed by atoms with Crippen LogP contribution in [0.1, 0.15) is 27.8 Å². The third-order valence-corrected chi connectivity index (χ3v) is 4.83. The van der Waals surface area contributed by atoms with Crippen molar-refractivity contribution in [1.29, 1.82) is 0 Å². The molecule has 0 fully saturated rings. The number of hydrogen-bond acceptors (Lipinski definition) is 3. The number of imidazole rings is 1. The van der Waals surface area contributed by atoms with Gasteiger partial charge in [0.05, 0.1) is 22.7 Å². The lowest BCUT2D eigenvalue weighted by Gasteiger charge is -2.20. The van der Waals surface area contributed by atoms with Gasteiger partial charge in [0.25, 0.3) is 5.91 Å². The van der Waals surface area contributed by atoms with E-state index in [9.17, 15) is 4.79 Å². The van der Waals surface area contributed by atoms with Crippen molar-refractivity contribution in [3.63, 3.8) is 0 Å². The van der Waals surface area contributed by atoms with Gasteiger partial charge in [0.2, 0.25) is 0 Å². The summed E-state index contributed by atoms with van der Waals surface area (Å²) in [6.45, 7) is 0. The number of aryl methyl sites for hydroxylation is 1. The van der Waals surface area contributed by atoms with Gasteiger partial charge in [-0.25, -0.2) is 4.98 Å². The van der Waals surface area contributed by atoms with Crippen LogP contribution in [-0.2, 0) is 7.05 Å². The Balaban J connectivity index is 2.00. The van der Waals surface area contributed by atoms with Crippen LogP contribution in [0.4, 0.5) is 0 Å². The summed E-state index contributed by atoms with van der Waals surface area (Å²) in [5, 5.41) is 3.54. The average Bonchev–Trinajstić information content (AvgIpc) is 3.07. The fraction of sp³-hybridized carbons (Fsp3) is 0.158. The highest BCUT2D eigenvalue weighted by Gasteiger charge is 2.23. The number of carbonyl (C=O) groups excluding carboxylic acids is 1. The van der Waals surface area contributed by atoms with E-state index in [0.717, 1.165) is 5.56 Å². The van der Waals surface area contributed by atoms with Gasteiger partial charge in [0.1, 0.15) is 17.6 Å². The molecule has 0 radical (unpaired) electrons. The summed E-state index contributed by atoms with van der Waals surface area (Å²) in [5.74, 6) is 1.04. The topological polar surface area (TPSA) is 56.1 Å². The maximum Gasteiger partial charge on any atom is 0.253 e. The van der Waals surface area contributed by atoms with E-state index in [0.29, 0.717) is 22.2 Å². The van der Waals surface area contributed by atoms with Crippen molar-refractivity contribution in [2.24, 2.45) is 7.05 Å². The van der Waals surface area contributed by atoms with Crippen LogP contribution < -0.4 is 10.1 Å². The molecular weight excluding hydrogens is 373 g/mol. The van der Waals surface area contributed by atoms with Crippen LogP contribution in [0.5, 0.6) is 5.75 Å². The summed E-state index contributed by atoms with van der Waals surface area (Å²) in [4.78, 5) is 17.2. The van der Waals surface area contributed by atoms with E-state index in [1.54, 1.807) is 31.5 Å². The Kier molecular flexibility index (Phi) is 5.49. The van der Waals surface area contributed by atoms with Gasteiger partial charge in [-0.3, -0.25) is 4.79 Å². The number of nitrogens with zero attached hydrogens (tertiary/aromatic N) is 2. The van der Waals surface area contributed by atoms with Gasteiger partial charge < -0.3 is 14.6 Å². The normalized spacial score (nSPS) is 11.8. The lowest BCUT2D eigenvalue weighted by Crippen LogP contribution is -2.31. The van der Waals surface area contributed by atoms with Crippen LogP contribution in [0.25, 0.3) is 0 Å². The zero-order valence-corrected chi connectivity index (χ0v) is 15.8. The van der Waals surface area contributed by atoms with Crippen molar-refractivity contribution in [2.75, 3.05) is 7.11 Å². The SMILES string of the molecule is COc1cccc(C(NC(=O)c2cccc(Cl)c2Cl)c2nccn2C)c1. The van der Waals surface area contributed by atoms with E-state index in [2.05, 4.69) is 10.3 Å². The Morgan fingerprint density at radius 1 is 1.23 bits per heavy atom. The number of ether oxygens (including phenoxy) is 1. The maximum atomic E-state index is 12.8. The number of carbonyl (C=O) groups is 1. The minimum absolute atomic E-state index is 0.218. The molecule has 3 aromatic rings. The monoisotopic (exact) mass is 389 g/mol. The zero-order chi connectivity index (χ0) is 18.7. The van der Waals surface area contributed by atoms with Gasteiger partial charge in [-0.05, 0) is 29.8 Å². The summed E-state index contributed by atoms with van der Waals surface area (Å²) >= 11 is 12.2. The minimum atomic E-state index is -0.479. The average molecular weight is 390 g/mol. The van der Waals surface area contributed by atoms with Crippen molar-refractivity contribution < 1.29 is 9.53 Å². The second kappa shape index (κ2) is 7.81. The van der Waals surface area contributed by atoms with Gasteiger partial charge in [-0.15, -0.1) is 0 Å². The molecule has 0 spiro atoms. The molecule has 0 bridgehead atoms. The van der Waals surface area contributed by atoms with E-state index < -0.39 is 6.04 Å². The molecule has 1 amide bonds. The van der Waals surface area contributed by atoms with E-state index in [1.165, 1.54) is 0 Å². The highest BCUT2D eigenvalue weighted by Crippen LogP contribution is 2.28. The van der Waals surface area contributed by atoms with E-state index in [-0.39, 0.29) is 10.9 Å². The van der Waals surface area contributed by atoms with Gasteiger partial charge in [0.15, 0.2) is 0 Å². The molecule has 0 aliphatic heterocycles. The first-order valence-electron chi connectivity index (χ1n) is 7.87. The highest BCUT2D eigenvalue weighted by molar-refractivity contribution is 6.43. The fourth-order valence-electron chi connectivity index (χ4n) is 2.66. The Hall–Kier alpha value is -2.50. The number of methoxy groups -OCH3 is 1. The predicted octanol–water partition coefficient (Wildman–Crippen LogP) is 4.25. The molecule has 1 unspecified atom stereocenters. The second-order valence-corrected chi connectivity index (χ2v) is 6.47. The largest absolute Gasteiger partial charge is 0.497 e. The predicted molar refractivity (Wildman–Crippen MR) is 102 cm³/mol. The van der Waals surface area contributed by atoms with Crippen LogP contribution in [0.2, 0.25) is 10.0 Å². The first kappa shape index (κ1) is 18.3. The van der Waals surface area contributed by atoms with Crippen molar-refractivity contribution >= 4 is 29.1 Å². The molecule has 0 aliphatic rings. The number of aromatic nitrogens is 2. The standard InChI is InChI=1S/C19H17Cl2N3O2/c1-24-10-9-22-18(24)17(12-5-3-6-13(11-12)26-2)23-19(25)14-7-4-8-15(20)16(14)21/h3-11,17H,1-2H3,(H,23,25). The molecular formula is C19H17Cl2N3O2. The maximum absolute atomic E-state index is 12.8. The van der Waals surface area contributed by atoms with Crippen molar-refractivity contribution in [1.82, 2.24) is 14.9 Å². The lowest BCUT2D eigenvalue weighted by molar-refractivity contribution is 0.0941. The number of halogens is 2. The Morgan fingerprint density at radius 3 is 2.69 bits per heavy atom. The molecule has 1 N–H and O–H groups in total. The zero-order valence-electron chi connectivity index (χ0n) is 14.2. The third-order valence-electron chi connectivity index (χ3n) is 4.02. The van der Waals surface area contributed by atoms with Crippen molar-refractivity contribution in [2.45, 2.75) is 6.04 Å². The molecule has 0 saturated heterocycles. The molecule has 5 nitrogen and oxygen atoms in total. The molecule has 7 heteroatoms. The van der Waals surface area contributed by atoms with Gasteiger partial charge >= 0.3 is 0 Å². The molecule has 0 saturated carbocycles. The molecule has 26 heavy (non-hydrogen) atoms. The Labute approximate surface area is 161 Å². The molecule has 0 aliphatic carbocycles. The number of nitrogens with one attached hydrogen (secondary N) is 1. The first-order chi connectivity index (χ1) is 12.5. The van der Waals surface area contributed by atoms with E-state index >= 15 is 0 Å². The van der Waals surface area contributed by atoms with E-state index in [4.69, 9.17) is 27.9 Å². The molecule has 3 rings (SSSR count). The summed E-state index contributed by atoms with van der Waals surface area (Å²) in [5.41, 5.74) is 1.14. The van der Waals surface area contributed by atoms with Gasteiger partial charge in [-0.2, -0.15) is 0 Å². The summed E-state index contributed by atoms with van der Waals surface area (Å²) in [6.07, 6.45) is 3.50. The Bertz CT molecular complexity index is 940. The number of amides is 1. The van der Waals surface area contributed by atoms with Crippen LogP contribution in [-0.4, -0.2) is 22.6 Å². The van der Waals surface area contributed by atoms with Crippen LogP contribution in [0.15, 0.2) is 54.9 Å². The quantitative estimate of drug-likeness (QED) is 0.709. The van der Waals surface area contributed by atoms with Crippen LogP contribution in [0.3, 0.4) is 0 Å². The summed E-state index contributed by atoms with van der Waals surface area (Å²) in [6, 6.07) is 11.9. The lowest BCUT2D eigenvalue weighted by atomic mass is 10.0.